The zero-order valence-electron chi connectivity index (χ0n) is 7.74. The minimum atomic E-state index is 0.741. The molecule has 2 rings (SSSR count). The smallest absolute Gasteiger partial charge is 0.101 e. The fraction of sp³-hybridized carbons (Fsp3) is 0.182. The molecule has 1 heterocycles. The molecule has 1 aromatic carbocycles. The Balaban J connectivity index is 2.85. The van der Waals surface area contributed by atoms with Gasteiger partial charge in [0.2, 0.25) is 0 Å². The normalized spacial score (nSPS) is 10.4. The van der Waals surface area contributed by atoms with E-state index >= 15 is 0 Å². The molecule has 1 nitrogen and oxygen atoms in total. The van der Waals surface area contributed by atoms with Crippen molar-refractivity contribution in [2.24, 2.45) is 0 Å². The molecule has 0 fully saturated rings. The van der Waals surface area contributed by atoms with Crippen LogP contribution in [0.5, 0.6) is 0 Å². The van der Waals surface area contributed by atoms with Crippen molar-refractivity contribution in [3.63, 3.8) is 0 Å². The quantitative estimate of drug-likeness (QED) is 0.728. The van der Waals surface area contributed by atoms with E-state index in [0.717, 1.165) is 27.0 Å². The van der Waals surface area contributed by atoms with Crippen LogP contribution in [0.25, 0.3) is 10.1 Å². The molecule has 0 saturated heterocycles. The first-order valence-electron chi connectivity index (χ1n) is 4.40. The molecule has 0 atom stereocenters. The first-order chi connectivity index (χ1) is 6.77. The molecular formula is C11H9NS2. The van der Waals surface area contributed by atoms with Gasteiger partial charge in [0, 0.05) is 20.4 Å². The Morgan fingerprint density at radius 1 is 1.50 bits per heavy atom. The highest BCUT2D eigenvalue weighted by atomic mass is 32.1. The first kappa shape index (κ1) is 9.57. The lowest BCUT2D eigenvalue weighted by molar-refractivity contribution is 1.10. The van der Waals surface area contributed by atoms with Crippen LogP contribution >= 0.6 is 24.0 Å². The Kier molecular flexibility index (Phi) is 2.49. The van der Waals surface area contributed by atoms with Gasteiger partial charge in [-0.2, -0.15) is 5.26 Å². The van der Waals surface area contributed by atoms with Gasteiger partial charge in [-0.1, -0.05) is 13.0 Å². The Morgan fingerprint density at radius 2 is 2.29 bits per heavy atom. The summed E-state index contributed by atoms with van der Waals surface area (Å²) in [6, 6.07) is 6.36. The second kappa shape index (κ2) is 3.64. The Labute approximate surface area is 92.4 Å². The van der Waals surface area contributed by atoms with E-state index in [1.807, 2.05) is 5.38 Å². The van der Waals surface area contributed by atoms with Crippen LogP contribution in [0.4, 0.5) is 0 Å². The van der Waals surface area contributed by atoms with Crippen LogP contribution in [0.1, 0.15) is 18.1 Å². The summed E-state index contributed by atoms with van der Waals surface area (Å²) in [5.74, 6) is 0. The fourth-order valence-electron chi connectivity index (χ4n) is 1.52. The van der Waals surface area contributed by atoms with E-state index in [1.165, 1.54) is 5.56 Å². The monoisotopic (exact) mass is 219 g/mol. The summed E-state index contributed by atoms with van der Waals surface area (Å²) in [5.41, 5.74) is 1.95. The zero-order chi connectivity index (χ0) is 10.1. The number of fused-ring (bicyclic) bond motifs is 1. The van der Waals surface area contributed by atoms with Gasteiger partial charge < -0.3 is 0 Å². The van der Waals surface area contributed by atoms with Gasteiger partial charge in [-0.3, -0.25) is 0 Å². The number of thiol groups is 1. The first-order valence-corrected chi connectivity index (χ1v) is 5.72. The van der Waals surface area contributed by atoms with Crippen LogP contribution in [-0.4, -0.2) is 0 Å². The van der Waals surface area contributed by atoms with Crippen molar-refractivity contribution in [3.8, 4) is 6.07 Å². The van der Waals surface area contributed by atoms with Gasteiger partial charge in [0.1, 0.15) is 6.07 Å². The van der Waals surface area contributed by atoms with Gasteiger partial charge in [-0.25, -0.2) is 0 Å². The molecule has 3 heteroatoms. The van der Waals surface area contributed by atoms with E-state index in [-0.39, 0.29) is 0 Å². The molecule has 0 aliphatic carbocycles. The molecule has 14 heavy (non-hydrogen) atoms. The molecule has 0 unspecified atom stereocenters. The van der Waals surface area contributed by atoms with Gasteiger partial charge in [-0.05, 0) is 18.1 Å². The summed E-state index contributed by atoms with van der Waals surface area (Å²) in [7, 11) is 0. The summed E-state index contributed by atoms with van der Waals surface area (Å²) in [4.78, 5) is 0.961. The summed E-state index contributed by atoms with van der Waals surface area (Å²) in [5, 5.41) is 11.8. The number of rotatable bonds is 1. The summed E-state index contributed by atoms with van der Waals surface area (Å²) < 4.78 is 1.14. The number of nitriles is 1. The van der Waals surface area contributed by atoms with E-state index < -0.39 is 0 Å². The Hall–Kier alpha value is -0.980. The van der Waals surface area contributed by atoms with Gasteiger partial charge in [0.05, 0.1) is 5.56 Å². The third-order valence-corrected chi connectivity index (χ3v) is 3.76. The molecular weight excluding hydrogens is 210 g/mol. The number of thiophene rings is 1. The average Bonchev–Trinajstić information content (AvgIpc) is 2.62. The lowest BCUT2D eigenvalue weighted by Gasteiger charge is -2.03. The standard InChI is InChI=1S/C11H9NS2/c1-2-7-3-4-9-10(11(7)13)8(5-12)6-14-9/h3-4,6,13H,2H2,1H3. The predicted molar refractivity (Wildman–Crippen MR) is 63.2 cm³/mol. The maximum atomic E-state index is 8.94. The van der Waals surface area contributed by atoms with Crippen molar-refractivity contribution in [1.82, 2.24) is 0 Å². The molecule has 0 saturated carbocycles. The molecule has 0 bridgehead atoms. The van der Waals surface area contributed by atoms with Gasteiger partial charge in [0.15, 0.2) is 0 Å². The van der Waals surface area contributed by atoms with Gasteiger partial charge in [-0.15, -0.1) is 24.0 Å². The van der Waals surface area contributed by atoms with Gasteiger partial charge in [0.25, 0.3) is 0 Å². The van der Waals surface area contributed by atoms with Crippen molar-refractivity contribution in [2.75, 3.05) is 0 Å². The van der Waals surface area contributed by atoms with Crippen LogP contribution < -0.4 is 0 Å². The van der Waals surface area contributed by atoms with E-state index in [1.54, 1.807) is 11.3 Å². The molecule has 70 valence electrons. The molecule has 2 aromatic rings. The summed E-state index contributed by atoms with van der Waals surface area (Å²) in [6.45, 7) is 2.10. The average molecular weight is 219 g/mol. The van der Waals surface area contributed by atoms with Crippen molar-refractivity contribution in [3.05, 3.63) is 28.6 Å². The molecule has 0 aliphatic heterocycles. The van der Waals surface area contributed by atoms with E-state index in [2.05, 4.69) is 37.8 Å². The molecule has 0 radical (unpaired) electrons. The van der Waals surface area contributed by atoms with E-state index in [4.69, 9.17) is 5.26 Å². The largest absolute Gasteiger partial charge is 0.192 e. The third kappa shape index (κ3) is 1.31. The minimum absolute atomic E-state index is 0.741. The third-order valence-electron chi connectivity index (χ3n) is 2.30. The maximum Gasteiger partial charge on any atom is 0.101 e. The van der Waals surface area contributed by atoms with Crippen molar-refractivity contribution in [2.45, 2.75) is 18.2 Å². The lowest BCUT2D eigenvalue weighted by atomic mass is 10.1. The van der Waals surface area contributed by atoms with E-state index in [0.29, 0.717) is 0 Å². The topological polar surface area (TPSA) is 23.8 Å². The summed E-state index contributed by atoms with van der Waals surface area (Å²) >= 11 is 6.09. The molecule has 0 amide bonds. The SMILES string of the molecule is CCc1ccc2scc(C#N)c2c1S. The van der Waals surface area contributed by atoms with Crippen molar-refractivity contribution in [1.29, 1.82) is 5.26 Å². The van der Waals surface area contributed by atoms with Crippen LogP contribution in [0.2, 0.25) is 0 Å². The number of aryl methyl sites for hydroxylation is 1. The Morgan fingerprint density at radius 3 is 2.93 bits per heavy atom. The van der Waals surface area contributed by atoms with Crippen molar-refractivity contribution >= 4 is 34.1 Å². The van der Waals surface area contributed by atoms with E-state index in [9.17, 15) is 0 Å². The fourth-order valence-corrected chi connectivity index (χ4v) is 2.96. The molecule has 1 aromatic heterocycles. The molecule has 0 aliphatic rings. The molecule has 0 spiro atoms. The highest BCUT2D eigenvalue weighted by Crippen LogP contribution is 2.33. The van der Waals surface area contributed by atoms with Crippen LogP contribution in [-0.2, 0) is 6.42 Å². The highest BCUT2D eigenvalue weighted by Gasteiger charge is 2.09. The second-order valence-corrected chi connectivity index (χ2v) is 4.42. The van der Waals surface area contributed by atoms with Gasteiger partial charge >= 0.3 is 0 Å². The number of hydrogen-bond donors (Lipinski definition) is 1. The number of nitrogens with zero attached hydrogens (tertiary/aromatic N) is 1. The van der Waals surface area contributed by atoms with Crippen molar-refractivity contribution < 1.29 is 0 Å². The predicted octanol–water partition coefficient (Wildman–Crippen LogP) is 3.62. The van der Waals surface area contributed by atoms with Crippen LogP contribution in [0.15, 0.2) is 22.4 Å². The summed E-state index contributed by atoms with van der Waals surface area (Å²) in [6.07, 6.45) is 0.954. The molecule has 0 N–H and O–H groups in total. The maximum absolute atomic E-state index is 8.94. The lowest BCUT2D eigenvalue weighted by Crippen LogP contribution is -1.83. The van der Waals surface area contributed by atoms with Crippen LogP contribution in [0, 0.1) is 11.3 Å². The number of hydrogen-bond acceptors (Lipinski definition) is 3. The highest BCUT2D eigenvalue weighted by molar-refractivity contribution is 7.80. The second-order valence-electron chi connectivity index (χ2n) is 3.06. The zero-order valence-corrected chi connectivity index (χ0v) is 9.45. The minimum Gasteiger partial charge on any atom is -0.192 e. The van der Waals surface area contributed by atoms with Crippen LogP contribution in [0.3, 0.4) is 0 Å². The number of benzene rings is 1. The Bertz CT molecular complexity index is 520.